The average Bonchev–Trinajstić information content (AvgIpc) is 2.75. The Morgan fingerprint density at radius 1 is 0.968 bits per heavy atom. The Bertz CT molecular complexity index is 1160. The van der Waals surface area contributed by atoms with Gasteiger partial charge in [-0.1, -0.05) is 17.7 Å². The minimum absolute atomic E-state index is 0.274. The number of benzene rings is 2. The van der Waals surface area contributed by atoms with E-state index in [-0.39, 0.29) is 4.90 Å². The fraction of sp³-hybridized carbons (Fsp3) is 0.273. The molecule has 0 bridgehead atoms. The molecule has 0 atom stereocenters. The number of sulfonamides is 1. The van der Waals surface area contributed by atoms with Crippen molar-refractivity contribution in [2.75, 3.05) is 41.2 Å². The summed E-state index contributed by atoms with van der Waals surface area (Å²) in [6, 6.07) is 14.2. The van der Waals surface area contributed by atoms with Crippen LogP contribution in [0.15, 0.2) is 59.6 Å². The number of rotatable bonds is 6. The van der Waals surface area contributed by atoms with Crippen LogP contribution in [-0.4, -0.2) is 44.9 Å². The Balaban J connectivity index is 1.45. The number of hydrogen-bond acceptors (Lipinski definition) is 7. The summed E-state index contributed by atoms with van der Waals surface area (Å²) in [6.07, 6.45) is 1.74. The number of anilines is 4. The molecule has 0 amide bonds. The van der Waals surface area contributed by atoms with Gasteiger partial charge in [-0.05, 0) is 49.7 Å². The van der Waals surface area contributed by atoms with Crippen LogP contribution in [0.2, 0.25) is 0 Å². The van der Waals surface area contributed by atoms with Gasteiger partial charge in [0.15, 0.2) is 5.82 Å². The lowest BCUT2D eigenvalue weighted by atomic mass is 10.2. The lowest BCUT2D eigenvalue weighted by Crippen LogP contribution is -2.36. The highest BCUT2D eigenvalue weighted by molar-refractivity contribution is 7.92. The van der Waals surface area contributed by atoms with Gasteiger partial charge in [0.25, 0.3) is 10.0 Å². The van der Waals surface area contributed by atoms with E-state index in [0.717, 1.165) is 30.0 Å². The third-order valence-electron chi connectivity index (χ3n) is 5.05. The van der Waals surface area contributed by atoms with E-state index in [1.54, 1.807) is 49.5 Å². The quantitative estimate of drug-likeness (QED) is 0.607. The summed E-state index contributed by atoms with van der Waals surface area (Å²) < 4.78 is 33.5. The highest BCUT2D eigenvalue weighted by atomic mass is 32.2. The molecule has 31 heavy (non-hydrogen) atoms. The maximum Gasteiger partial charge on any atom is 0.262 e. The van der Waals surface area contributed by atoms with Crippen LogP contribution in [0.25, 0.3) is 0 Å². The summed E-state index contributed by atoms with van der Waals surface area (Å²) in [6.45, 7) is 6.76. The molecular formula is C22H25N5O3S. The molecule has 9 heteroatoms. The molecule has 2 heterocycles. The Labute approximate surface area is 182 Å². The van der Waals surface area contributed by atoms with Crippen LogP contribution in [0.5, 0.6) is 0 Å². The van der Waals surface area contributed by atoms with Crippen molar-refractivity contribution >= 4 is 32.9 Å². The third kappa shape index (κ3) is 5.12. The number of aryl methyl sites for hydroxylation is 2. The van der Waals surface area contributed by atoms with Gasteiger partial charge in [-0.15, -0.1) is 5.10 Å². The van der Waals surface area contributed by atoms with Crippen LogP contribution >= 0.6 is 0 Å². The van der Waals surface area contributed by atoms with Gasteiger partial charge in [0.1, 0.15) is 0 Å². The topological polar surface area (TPSA) is 96.5 Å². The Kier molecular flexibility index (Phi) is 6.06. The number of morpholine rings is 1. The molecule has 0 saturated carbocycles. The molecule has 1 saturated heterocycles. The van der Waals surface area contributed by atoms with E-state index in [9.17, 15) is 8.42 Å². The minimum atomic E-state index is -3.66. The predicted octanol–water partition coefficient (Wildman–Crippen LogP) is 3.47. The fourth-order valence-electron chi connectivity index (χ4n) is 3.49. The highest BCUT2D eigenvalue weighted by Gasteiger charge is 2.17. The van der Waals surface area contributed by atoms with E-state index in [1.807, 2.05) is 19.1 Å². The van der Waals surface area contributed by atoms with Gasteiger partial charge in [-0.3, -0.25) is 4.72 Å². The van der Waals surface area contributed by atoms with E-state index < -0.39 is 10.0 Å². The molecule has 2 N–H and O–H groups in total. The van der Waals surface area contributed by atoms with Crippen molar-refractivity contribution in [3.05, 3.63) is 65.9 Å². The standard InChI is InChI=1S/C22H25N5O3S/c1-16-3-8-21(17(2)13-16)31(28,29)26-19-6-4-18(5-7-19)24-22-14-20(15-23-25-22)27-9-11-30-12-10-27/h3-8,13-15,26H,9-12H2,1-2H3,(H,24,25). The van der Waals surface area contributed by atoms with Crippen LogP contribution in [0, 0.1) is 13.8 Å². The molecule has 2 aromatic carbocycles. The SMILES string of the molecule is Cc1ccc(S(=O)(=O)Nc2ccc(Nc3cc(N4CCOCC4)cnn3)cc2)c(C)c1. The number of aromatic nitrogens is 2. The molecule has 1 aromatic heterocycles. The second kappa shape index (κ2) is 8.91. The van der Waals surface area contributed by atoms with Gasteiger partial charge in [-0.2, -0.15) is 5.10 Å². The van der Waals surface area contributed by atoms with Gasteiger partial charge in [0.05, 0.1) is 30.0 Å². The fourth-order valence-corrected chi connectivity index (χ4v) is 4.78. The molecule has 4 rings (SSSR count). The summed E-state index contributed by atoms with van der Waals surface area (Å²) in [5, 5.41) is 11.4. The predicted molar refractivity (Wildman–Crippen MR) is 122 cm³/mol. The van der Waals surface area contributed by atoms with E-state index in [2.05, 4.69) is 25.1 Å². The lowest BCUT2D eigenvalue weighted by Gasteiger charge is -2.28. The first-order chi connectivity index (χ1) is 14.9. The molecule has 0 aliphatic carbocycles. The normalized spacial score (nSPS) is 14.3. The van der Waals surface area contributed by atoms with Crippen molar-refractivity contribution in [2.24, 2.45) is 0 Å². The molecule has 162 valence electrons. The second-order valence-electron chi connectivity index (χ2n) is 7.48. The summed E-state index contributed by atoms with van der Waals surface area (Å²) in [4.78, 5) is 2.48. The monoisotopic (exact) mass is 439 g/mol. The average molecular weight is 440 g/mol. The van der Waals surface area contributed by atoms with Crippen molar-refractivity contribution < 1.29 is 13.2 Å². The summed E-state index contributed by atoms with van der Waals surface area (Å²) in [5.41, 5.74) is 3.98. The number of hydrogen-bond donors (Lipinski definition) is 2. The summed E-state index contributed by atoms with van der Waals surface area (Å²) in [5.74, 6) is 0.618. The van der Waals surface area contributed by atoms with Crippen LogP contribution in [0.3, 0.4) is 0 Å². The minimum Gasteiger partial charge on any atom is -0.378 e. The molecular weight excluding hydrogens is 414 g/mol. The molecule has 8 nitrogen and oxygen atoms in total. The van der Waals surface area contributed by atoms with Crippen LogP contribution < -0.4 is 14.9 Å². The van der Waals surface area contributed by atoms with E-state index in [1.165, 1.54) is 0 Å². The largest absolute Gasteiger partial charge is 0.378 e. The van der Waals surface area contributed by atoms with Gasteiger partial charge in [-0.25, -0.2) is 8.42 Å². The summed E-state index contributed by atoms with van der Waals surface area (Å²) in [7, 11) is -3.66. The van der Waals surface area contributed by atoms with E-state index in [4.69, 9.17) is 4.74 Å². The van der Waals surface area contributed by atoms with Crippen molar-refractivity contribution in [2.45, 2.75) is 18.7 Å². The molecule has 1 fully saturated rings. The zero-order chi connectivity index (χ0) is 21.8. The second-order valence-corrected chi connectivity index (χ2v) is 9.13. The molecule has 3 aromatic rings. The van der Waals surface area contributed by atoms with Gasteiger partial charge in [0.2, 0.25) is 0 Å². The van der Waals surface area contributed by atoms with Gasteiger partial charge < -0.3 is 15.0 Å². The van der Waals surface area contributed by atoms with Crippen LogP contribution in [0.1, 0.15) is 11.1 Å². The molecule has 0 unspecified atom stereocenters. The van der Waals surface area contributed by atoms with Crippen molar-refractivity contribution in [1.29, 1.82) is 0 Å². The number of nitrogens with one attached hydrogen (secondary N) is 2. The highest BCUT2D eigenvalue weighted by Crippen LogP contribution is 2.24. The maximum atomic E-state index is 12.7. The lowest BCUT2D eigenvalue weighted by molar-refractivity contribution is 0.122. The van der Waals surface area contributed by atoms with Crippen molar-refractivity contribution in [1.82, 2.24) is 10.2 Å². The molecule has 1 aliphatic rings. The smallest absolute Gasteiger partial charge is 0.262 e. The molecule has 0 spiro atoms. The molecule has 1 aliphatic heterocycles. The third-order valence-corrected chi connectivity index (χ3v) is 6.59. The van der Waals surface area contributed by atoms with Gasteiger partial charge in [0, 0.05) is 30.5 Å². The Morgan fingerprint density at radius 3 is 2.39 bits per heavy atom. The van der Waals surface area contributed by atoms with Gasteiger partial charge >= 0.3 is 0 Å². The van der Waals surface area contributed by atoms with Crippen LogP contribution in [0.4, 0.5) is 22.9 Å². The number of ether oxygens (including phenoxy) is 1. The molecule has 0 radical (unpaired) electrons. The Hall–Kier alpha value is -3.17. The summed E-state index contributed by atoms with van der Waals surface area (Å²) >= 11 is 0. The zero-order valence-electron chi connectivity index (χ0n) is 17.5. The van der Waals surface area contributed by atoms with Crippen molar-refractivity contribution in [3.63, 3.8) is 0 Å². The van der Waals surface area contributed by atoms with E-state index in [0.29, 0.717) is 30.3 Å². The first kappa shape index (κ1) is 21.1. The van der Waals surface area contributed by atoms with Crippen LogP contribution in [-0.2, 0) is 14.8 Å². The Morgan fingerprint density at radius 2 is 1.68 bits per heavy atom. The number of nitrogens with zero attached hydrogens (tertiary/aromatic N) is 3. The first-order valence-corrected chi connectivity index (χ1v) is 11.5. The zero-order valence-corrected chi connectivity index (χ0v) is 18.3. The van der Waals surface area contributed by atoms with Crippen molar-refractivity contribution in [3.8, 4) is 0 Å². The maximum absolute atomic E-state index is 12.7. The first-order valence-electron chi connectivity index (χ1n) is 10.0. The van der Waals surface area contributed by atoms with E-state index >= 15 is 0 Å².